The standard InChI is InChI=1S/C16H15NO5/c1-11(15(19)17-9-14-3-2-8-21-14)22-16(20)13-6-4-12(10-18)5-7-13/h2-8,10-11H,9H2,1H3,(H,17,19)/t11-/m1/s1. The van der Waals surface area contributed by atoms with Crippen molar-refractivity contribution in [1.82, 2.24) is 5.32 Å². The summed E-state index contributed by atoms with van der Waals surface area (Å²) in [6.45, 7) is 1.71. The molecule has 1 aromatic carbocycles. The van der Waals surface area contributed by atoms with E-state index in [-0.39, 0.29) is 12.1 Å². The first-order valence-electron chi connectivity index (χ1n) is 6.66. The fraction of sp³-hybridized carbons (Fsp3) is 0.188. The summed E-state index contributed by atoms with van der Waals surface area (Å²) in [7, 11) is 0. The molecule has 0 bridgehead atoms. The van der Waals surface area contributed by atoms with Crippen molar-refractivity contribution in [2.45, 2.75) is 19.6 Å². The number of amides is 1. The molecule has 2 aromatic rings. The van der Waals surface area contributed by atoms with Crippen molar-refractivity contribution in [2.75, 3.05) is 0 Å². The van der Waals surface area contributed by atoms with Gasteiger partial charge in [0.25, 0.3) is 5.91 Å². The van der Waals surface area contributed by atoms with Crippen molar-refractivity contribution in [2.24, 2.45) is 0 Å². The SMILES string of the molecule is C[C@@H](OC(=O)c1ccc(C=O)cc1)C(=O)NCc1ccco1. The lowest BCUT2D eigenvalue weighted by Gasteiger charge is -2.13. The molecule has 0 fully saturated rings. The van der Waals surface area contributed by atoms with E-state index in [9.17, 15) is 14.4 Å². The van der Waals surface area contributed by atoms with Crippen LogP contribution >= 0.6 is 0 Å². The van der Waals surface area contributed by atoms with Gasteiger partial charge >= 0.3 is 5.97 Å². The second-order valence-corrected chi connectivity index (χ2v) is 4.58. The molecule has 0 saturated heterocycles. The quantitative estimate of drug-likeness (QED) is 0.651. The molecule has 22 heavy (non-hydrogen) atoms. The molecule has 1 aromatic heterocycles. The zero-order valence-corrected chi connectivity index (χ0v) is 11.9. The average molecular weight is 301 g/mol. The number of hydrogen-bond acceptors (Lipinski definition) is 5. The van der Waals surface area contributed by atoms with Gasteiger partial charge in [0, 0.05) is 5.56 Å². The molecule has 0 aliphatic heterocycles. The second-order valence-electron chi connectivity index (χ2n) is 4.58. The number of esters is 1. The topological polar surface area (TPSA) is 85.6 Å². The third-order valence-electron chi connectivity index (χ3n) is 2.95. The largest absolute Gasteiger partial charge is 0.467 e. The molecule has 0 saturated carbocycles. The van der Waals surface area contributed by atoms with E-state index in [1.54, 1.807) is 12.1 Å². The number of nitrogens with one attached hydrogen (secondary N) is 1. The Kier molecular flexibility index (Phi) is 5.08. The molecule has 1 atom stereocenters. The number of benzene rings is 1. The van der Waals surface area contributed by atoms with E-state index in [1.165, 1.54) is 37.5 Å². The summed E-state index contributed by atoms with van der Waals surface area (Å²) in [5.74, 6) is -0.441. The van der Waals surface area contributed by atoms with Gasteiger partial charge in [0.05, 0.1) is 18.4 Å². The monoisotopic (exact) mass is 301 g/mol. The average Bonchev–Trinajstić information content (AvgIpc) is 3.06. The van der Waals surface area contributed by atoms with Crippen LogP contribution in [-0.2, 0) is 16.1 Å². The third-order valence-corrected chi connectivity index (χ3v) is 2.95. The summed E-state index contributed by atoms with van der Waals surface area (Å²) in [6.07, 6.45) is 1.25. The van der Waals surface area contributed by atoms with Gasteiger partial charge in [0.15, 0.2) is 6.10 Å². The van der Waals surface area contributed by atoms with E-state index in [4.69, 9.17) is 9.15 Å². The van der Waals surface area contributed by atoms with E-state index in [1.807, 2.05) is 0 Å². The molecule has 1 heterocycles. The van der Waals surface area contributed by atoms with Gasteiger partial charge in [-0.3, -0.25) is 9.59 Å². The molecule has 0 unspecified atom stereocenters. The Morgan fingerprint density at radius 3 is 2.59 bits per heavy atom. The van der Waals surface area contributed by atoms with Crippen LogP contribution in [0.2, 0.25) is 0 Å². The molecular formula is C16H15NO5. The molecule has 114 valence electrons. The van der Waals surface area contributed by atoms with Crippen LogP contribution in [0.15, 0.2) is 47.1 Å². The summed E-state index contributed by atoms with van der Waals surface area (Å²) < 4.78 is 10.2. The van der Waals surface area contributed by atoms with Gasteiger partial charge in [-0.15, -0.1) is 0 Å². The highest BCUT2D eigenvalue weighted by Crippen LogP contribution is 2.07. The molecular weight excluding hydrogens is 286 g/mol. The van der Waals surface area contributed by atoms with Crippen LogP contribution in [0.4, 0.5) is 0 Å². The number of hydrogen-bond donors (Lipinski definition) is 1. The van der Waals surface area contributed by atoms with Crippen molar-refractivity contribution in [3.05, 3.63) is 59.5 Å². The summed E-state index contributed by atoms with van der Waals surface area (Å²) in [4.78, 5) is 34.3. The van der Waals surface area contributed by atoms with E-state index in [0.29, 0.717) is 17.6 Å². The number of aldehydes is 1. The number of rotatable bonds is 6. The smallest absolute Gasteiger partial charge is 0.338 e. The van der Waals surface area contributed by atoms with Crippen LogP contribution in [0.5, 0.6) is 0 Å². The van der Waals surface area contributed by atoms with Gasteiger partial charge < -0.3 is 14.5 Å². The van der Waals surface area contributed by atoms with Crippen LogP contribution in [-0.4, -0.2) is 24.3 Å². The Morgan fingerprint density at radius 1 is 1.27 bits per heavy atom. The van der Waals surface area contributed by atoms with Crippen LogP contribution in [0.25, 0.3) is 0 Å². The summed E-state index contributed by atoms with van der Waals surface area (Å²) in [5, 5.41) is 2.60. The predicted molar refractivity (Wildman–Crippen MR) is 77.3 cm³/mol. The Balaban J connectivity index is 1.86. The summed E-state index contributed by atoms with van der Waals surface area (Å²) in [5.41, 5.74) is 0.733. The van der Waals surface area contributed by atoms with Gasteiger partial charge in [-0.2, -0.15) is 0 Å². The number of carbonyl (C=O) groups excluding carboxylic acids is 3. The predicted octanol–water partition coefficient (Wildman–Crippen LogP) is 1.95. The Hall–Kier alpha value is -2.89. The lowest BCUT2D eigenvalue weighted by molar-refractivity contribution is -0.129. The fourth-order valence-electron chi connectivity index (χ4n) is 1.71. The van der Waals surface area contributed by atoms with Crippen molar-refractivity contribution < 1.29 is 23.5 Å². The highest BCUT2D eigenvalue weighted by molar-refractivity contribution is 5.92. The van der Waals surface area contributed by atoms with Gasteiger partial charge in [0.2, 0.25) is 0 Å². The Labute approximate surface area is 127 Å². The summed E-state index contributed by atoms with van der Waals surface area (Å²) >= 11 is 0. The molecule has 6 heteroatoms. The van der Waals surface area contributed by atoms with Crippen LogP contribution < -0.4 is 5.32 Å². The zero-order valence-electron chi connectivity index (χ0n) is 11.9. The van der Waals surface area contributed by atoms with Crippen LogP contribution in [0, 0.1) is 0 Å². The van der Waals surface area contributed by atoms with Crippen molar-refractivity contribution in [3.63, 3.8) is 0 Å². The van der Waals surface area contributed by atoms with E-state index >= 15 is 0 Å². The zero-order chi connectivity index (χ0) is 15.9. The minimum atomic E-state index is -0.937. The van der Waals surface area contributed by atoms with Crippen LogP contribution in [0.1, 0.15) is 33.4 Å². The molecule has 1 amide bonds. The Bertz CT molecular complexity index is 646. The van der Waals surface area contributed by atoms with Gasteiger partial charge in [-0.05, 0) is 31.2 Å². The molecule has 2 rings (SSSR count). The van der Waals surface area contributed by atoms with Gasteiger partial charge in [-0.1, -0.05) is 12.1 Å². The molecule has 0 aliphatic carbocycles. The second kappa shape index (κ2) is 7.21. The summed E-state index contributed by atoms with van der Waals surface area (Å²) in [6, 6.07) is 9.40. The maximum Gasteiger partial charge on any atom is 0.338 e. The molecule has 0 radical (unpaired) electrons. The van der Waals surface area contributed by atoms with E-state index in [0.717, 1.165) is 0 Å². The van der Waals surface area contributed by atoms with Crippen molar-refractivity contribution in [1.29, 1.82) is 0 Å². The first-order chi connectivity index (χ1) is 10.6. The molecule has 0 aliphatic rings. The number of furan rings is 1. The Morgan fingerprint density at radius 2 is 2.00 bits per heavy atom. The van der Waals surface area contributed by atoms with Crippen LogP contribution in [0.3, 0.4) is 0 Å². The molecule has 6 nitrogen and oxygen atoms in total. The highest BCUT2D eigenvalue weighted by atomic mass is 16.5. The van der Waals surface area contributed by atoms with Gasteiger partial charge in [-0.25, -0.2) is 4.79 Å². The fourth-order valence-corrected chi connectivity index (χ4v) is 1.71. The first-order valence-corrected chi connectivity index (χ1v) is 6.66. The van der Waals surface area contributed by atoms with Crippen molar-refractivity contribution >= 4 is 18.2 Å². The normalized spacial score (nSPS) is 11.5. The van der Waals surface area contributed by atoms with Crippen molar-refractivity contribution in [3.8, 4) is 0 Å². The van der Waals surface area contributed by atoms with Gasteiger partial charge in [0.1, 0.15) is 12.0 Å². The number of carbonyl (C=O) groups is 3. The maximum absolute atomic E-state index is 11.9. The van der Waals surface area contributed by atoms with E-state index < -0.39 is 18.0 Å². The highest BCUT2D eigenvalue weighted by Gasteiger charge is 2.18. The molecule has 0 spiro atoms. The first kappa shape index (κ1) is 15.5. The maximum atomic E-state index is 11.9. The third kappa shape index (κ3) is 4.05. The van der Waals surface area contributed by atoms with E-state index in [2.05, 4.69) is 5.32 Å². The lowest BCUT2D eigenvalue weighted by Crippen LogP contribution is -2.35. The minimum absolute atomic E-state index is 0.224. The number of ether oxygens (including phenoxy) is 1. The minimum Gasteiger partial charge on any atom is -0.467 e. The molecule has 1 N–H and O–H groups in total. The lowest BCUT2D eigenvalue weighted by atomic mass is 10.1.